The molecule has 3 atom stereocenters. The van der Waals surface area contributed by atoms with E-state index in [9.17, 15) is 24.4 Å². The molecule has 0 bridgehead atoms. The minimum atomic E-state index is -1.01. The van der Waals surface area contributed by atoms with Crippen molar-refractivity contribution in [2.45, 2.75) is 76.4 Å². The van der Waals surface area contributed by atoms with Crippen molar-refractivity contribution in [3.05, 3.63) is 29.8 Å². The highest BCUT2D eigenvalue weighted by Crippen LogP contribution is 2.46. The van der Waals surface area contributed by atoms with Crippen LogP contribution in [0.3, 0.4) is 0 Å². The molecule has 1 aromatic rings. The maximum Gasteiger partial charge on any atom is 0.309 e. The van der Waals surface area contributed by atoms with Gasteiger partial charge in [-0.2, -0.15) is 5.26 Å². The number of benzene rings is 1. The Balaban J connectivity index is 1.56. The van der Waals surface area contributed by atoms with E-state index in [1.54, 1.807) is 6.07 Å². The standard InChI is InChI=1S/C25H31N5O4/c1-24(2,3)12-19(28-21(32)20(31)27-15-7-6-8-15)22(33)30-14-25(11-16(30)13-26)17-9-4-5-10-18(17)29-23(25)34/h4-5,9-10,15-16,19H,6-8,11-12,14H2,1-3H3,(H,27,31)(H,28,32)(H,29,34)/t16-,19-,25-/m0/s1. The minimum absolute atomic E-state index is 0.00243. The summed E-state index contributed by atoms with van der Waals surface area (Å²) < 4.78 is 0. The number of anilines is 1. The highest BCUT2D eigenvalue weighted by Gasteiger charge is 2.56. The first-order valence-electron chi connectivity index (χ1n) is 11.8. The fraction of sp³-hybridized carbons (Fsp3) is 0.560. The molecule has 1 aromatic carbocycles. The van der Waals surface area contributed by atoms with Crippen LogP contribution in [0.15, 0.2) is 24.3 Å². The number of fused-ring (bicyclic) bond motifs is 2. The van der Waals surface area contributed by atoms with Crippen LogP contribution >= 0.6 is 0 Å². The molecule has 0 radical (unpaired) electrons. The molecule has 180 valence electrons. The fourth-order valence-electron chi connectivity index (χ4n) is 5.03. The molecule has 0 aromatic heterocycles. The van der Waals surface area contributed by atoms with Gasteiger partial charge in [-0.05, 0) is 42.7 Å². The van der Waals surface area contributed by atoms with Gasteiger partial charge in [0.05, 0.1) is 11.5 Å². The molecule has 3 aliphatic rings. The van der Waals surface area contributed by atoms with Crippen LogP contribution in [0.25, 0.3) is 0 Å². The molecule has 9 nitrogen and oxygen atoms in total. The molecule has 1 spiro atoms. The number of hydrogen-bond acceptors (Lipinski definition) is 5. The van der Waals surface area contributed by atoms with E-state index in [2.05, 4.69) is 22.0 Å². The Morgan fingerprint density at radius 2 is 1.94 bits per heavy atom. The third kappa shape index (κ3) is 4.37. The quantitative estimate of drug-likeness (QED) is 0.581. The predicted octanol–water partition coefficient (Wildman–Crippen LogP) is 1.59. The molecule has 4 rings (SSSR count). The number of amides is 4. The Kier molecular flexibility index (Phi) is 6.11. The van der Waals surface area contributed by atoms with Gasteiger partial charge in [0, 0.05) is 24.7 Å². The average molecular weight is 466 g/mol. The van der Waals surface area contributed by atoms with Gasteiger partial charge in [0.2, 0.25) is 11.8 Å². The Hall–Kier alpha value is -3.41. The molecule has 3 N–H and O–H groups in total. The van der Waals surface area contributed by atoms with Gasteiger partial charge in [0.1, 0.15) is 12.1 Å². The lowest BCUT2D eigenvalue weighted by atomic mass is 9.80. The smallest absolute Gasteiger partial charge is 0.309 e. The molecule has 1 saturated heterocycles. The van der Waals surface area contributed by atoms with Crippen LogP contribution in [0.2, 0.25) is 0 Å². The SMILES string of the molecule is CC(C)(C)C[C@H](NC(=O)C(=O)NC1CCC1)C(=O)N1C[C@]2(C[C@H]1C#N)C(=O)Nc1ccccc12. The Labute approximate surface area is 199 Å². The van der Waals surface area contributed by atoms with Gasteiger partial charge in [0.15, 0.2) is 0 Å². The van der Waals surface area contributed by atoms with Crippen LogP contribution in [0.5, 0.6) is 0 Å². The lowest BCUT2D eigenvalue weighted by molar-refractivity contribution is -0.143. The van der Waals surface area contributed by atoms with Gasteiger partial charge in [-0.25, -0.2) is 0 Å². The second kappa shape index (κ2) is 8.75. The number of nitrogens with one attached hydrogen (secondary N) is 3. The maximum atomic E-state index is 13.7. The molecule has 2 heterocycles. The zero-order valence-corrected chi connectivity index (χ0v) is 19.8. The Morgan fingerprint density at radius 3 is 2.56 bits per heavy atom. The number of carbonyl (C=O) groups excluding carboxylic acids is 4. The minimum Gasteiger partial charge on any atom is -0.345 e. The molecule has 1 aliphatic carbocycles. The van der Waals surface area contributed by atoms with Gasteiger partial charge in [-0.3, -0.25) is 19.2 Å². The molecule has 2 fully saturated rings. The van der Waals surface area contributed by atoms with Crippen molar-refractivity contribution in [2.75, 3.05) is 11.9 Å². The molecule has 4 amide bonds. The molecular formula is C25H31N5O4. The van der Waals surface area contributed by atoms with Gasteiger partial charge in [-0.1, -0.05) is 39.0 Å². The fourth-order valence-corrected chi connectivity index (χ4v) is 5.03. The summed E-state index contributed by atoms with van der Waals surface area (Å²) in [6.45, 7) is 5.84. The highest BCUT2D eigenvalue weighted by molar-refractivity contribution is 6.35. The summed E-state index contributed by atoms with van der Waals surface area (Å²) in [5, 5.41) is 18.0. The van der Waals surface area contributed by atoms with Crippen LogP contribution in [0.4, 0.5) is 5.69 Å². The van der Waals surface area contributed by atoms with Gasteiger partial charge in [0.25, 0.3) is 0 Å². The number of rotatable bonds is 4. The van der Waals surface area contributed by atoms with Crippen molar-refractivity contribution >= 4 is 29.3 Å². The van der Waals surface area contributed by atoms with Crippen molar-refractivity contribution in [3.8, 4) is 6.07 Å². The third-order valence-corrected chi connectivity index (χ3v) is 6.98. The molecule has 0 unspecified atom stereocenters. The largest absolute Gasteiger partial charge is 0.345 e. The van der Waals surface area contributed by atoms with Crippen LogP contribution in [-0.2, 0) is 24.6 Å². The van der Waals surface area contributed by atoms with Crippen LogP contribution in [0.1, 0.15) is 58.4 Å². The molecule has 1 saturated carbocycles. The van der Waals surface area contributed by atoms with Crippen molar-refractivity contribution in [3.63, 3.8) is 0 Å². The van der Waals surface area contributed by atoms with Crippen LogP contribution < -0.4 is 16.0 Å². The van der Waals surface area contributed by atoms with Crippen LogP contribution in [-0.4, -0.2) is 53.2 Å². The number of nitriles is 1. The Bertz CT molecular complexity index is 1070. The summed E-state index contributed by atoms with van der Waals surface area (Å²) in [6, 6.07) is 7.64. The summed E-state index contributed by atoms with van der Waals surface area (Å²) in [4.78, 5) is 53.1. The first-order chi connectivity index (χ1) is 16.0. The molecule has 34 heavy (non-hydrogen) atoms. The summed E-state index contributed by atoms with van der Waals surface area (Å²) in [7, 11) is 0. The van der Waals surface area contributed by atoms with E-state index in [1.165, 1.54) is 4.90 Å². The van der Waals surface area contributed by atoms with Gasteiger partial charge < -0.3 is 20.9 Å². The summed E-state index contributed by atoms with van der Waals surface area (Å²) in [6.07, 6.45) is 3.15. The lowest BCUT2D eigenvalue weighted by Crippen LogP contribution is -2.55. The summed E-state index contributed by atoms with van der Waals surface area (Å²) >= 11 is 0. The topological polar surface area (TPSA) is 131 Å². The number of para-hydroxylation sites is 1. The number of nitrogens with zero attached hydrogens (tertiary/aromatic N) is 2. The average Bonchev–Trinajstić information content (AvgIpc) is 3.27. The van der Waals surface area contributed by atoms with Crippen molar-refractivity contribution in [1.82, 2.24) is 15.5 Å². The zero-order chi connectivity index (χ0) is 24.7. The van der Waals surface area contributed by atoms with Crippen molar-refractivity contribution < 1.29 is 19.2 Å². The van der Waals surface area contributed by atoms with E-state index in [0.717, 1.165) is 24.8 Å². The third-order valence-electron chi connectivity index (χ3n) is 6.98. The van der Waals surface area contributed by atoms with Crippen LogP contribution in [0, 0.1) is 16.7 Å². The van der Waals surface area contributed by atoms with E-state index >= 15 is 0 Å². The Morgan fingerprint density at radius 1 is 1.24 bits per heavy atom. The summed E-state index contributed by atoms with van der Waals surface area (Å²) in [5.41, 5.74) is 0.108. The molecular weight excluding hydrogens is 434 g/mol. The normalized spacial score (nSPS) is 24.6. The zero-order valence-electron chi connectivity index (χ0n) is 19.8. The predicted molar refractivity (Wildman–Crippen MR) is 124 cm³/mol. The number of likely N-dealkylation sites (tertiary alicyclic amines) is 1. The van der Waals surface area contributed by atoms with E-state index in [-0.39, 0.29) is 36.8 Å². The van der Waals surface area contributed by atoms with Gasteiger partial charge in [-0.15, -0.1) is 0 Å². The summed E-state index contributed by atoms with van der Waals surface area (Å²) in [5.74, 6) is -2.31. The van der Waals surface area contributed by atoms with E-state index < -0.39 is 35.2 Å². The molecule has 2 aliphatic heterocycles. The first kappa shape index (κ1) is 23.7. The number of carbonyl (C=O) groups is 4. The maximum absolute atomic E-state index is 13.7. The first-order valence-corrected chi connectivity index (χ1v) is 11.8. The highest BCUT2D eigenvalue weighted by atomic mass is 16.2. The number of hydrogen-bond donors (Lipinski definition) is 3. The monoisotopic (exact) mass is 465 g/mol. The van der Waals surface area contributed by atoms with E-state index in [4.69, 9.17) is 0 Å². The van der Waals surface area contributed by atoms with E-state index in [1.807, 2.05) is 39.0 Å². The van der Waals surface area contributed by atoms with E-state index in [0.29, 0.717) is 5.69 Å². The second-order valence-electron chi connectivity index (χ2n) is 10.8. The van der Waals surface area contributed by atoms with Gasteiger partial charge >= 0.3 is 11.8 Å². The second-order valence-corrected chi connectivity index (χ2v) is 10.8. The van der Waals surface area contributed by atoms with Crippen molar-refractivity contribution in [1.29, 1.82) is 5.26 Å². The van der Waals surface area contributed by atoms with Crippen molar-refractivity contribution in [2.24, 2.45) is 5.41 Å². The molecule has 9 heteroatoms. The lowest BCUT2D eigenvalue weighted by Gasteiger charge is -2.31.